The van der Waals surface area contributed by atoms with E-state index in [-0.39, 0.29) is 11.4 Å². The molecule has 2 aromatic carbocycles. The van der Waals surface area contributed by atoms with E-state index in [2.05, 4.69) is 0 Å². The van der Waals surface area contributed by atoms with Crippen LogP contribution in [-0.4, -0.2) is 11.1 Å². The van der Waals surface area contributed by atoms with E-state index in [1.54, 1.807) is 12.1 Å². The second-order valence-electron chi connectivity index (χ2n) is 3.59. The SMILES string of the molecule is CCc1c(C(=O)O)ccc2c(F)cccc12. The highest BCUT2D eigenvalue weighted by Crippen LogP contribution is 2.25. The van der Waals surface area contributed by atoms with E-state index in [0.717, 1.165) is 0 Å². The Bertz CT molecular complexity index is 561. The average molecular weight is 218 g/mol. The number of hydrogen-bond donors (Lipinski definition) is 1. The standard InChI is InChI=1S/C13H11FO2/c1-2-8-9-4-3-5-12(14)10(9)6-7-11(8)13(15)16/h3-7H,2H2,1H3,(H,15,16). The number of carboxylic acid groups (broad SMARTS) is 1. The van der Waals surface area contributed by atoms with Gasteiger partial charge in [0, 0.05) is 5.39 Å². The molecule has 0 aliphatic heterocycles. The van der Waals surface area contributed by atoms with Gasteiger partial charge in [0.15, 0.2) is 0 Å². The maximum Gasteiger partial charge on any atom is 0.335 e. The molecule has 0 spiro atoms. The third kappa shape index (κ3) is 1.54. The van der Waals surface area contributed by atoms with Crippen molar-refractivity contribution >= 4 is 16.7 Å². The highest BCUT2D eigenvalue weighted by molar-refractivity contribution is 5.98. The lowest BCUT2D eigenvalue weighted by atomic mass is 9.97. The van der Waals surface area contributed by atoms with Crippen LogP contribution in [0.1, 0.15) is 22.8 Å². The molecule has 0 aromatic heterocycles. The van der Waals surface area contributed by atoms with Crippen LogP contribution in [-0.2, 0) is 6.42 Å². The van der Waals surface area contributed by atoms with Gasteiger partial charge in [0.2, 0.25) is 0 Å². The predicted molar refractivity (Wildman–Crippen MR) is 60.2 cm³/mol. The van der Waals surface area contributed by atoms with Crippen molar-refractivity contribution in [1.29, 1.82) is 0 Å². The molecule has 0 saturated heterocycles. The fraction of sp³-hybridized carbons (Fsp3) is 0.154. The zero-order chi connectivity index (χ0) is 11.7. The summed E-state index contributed by atoms with van der Waals surface area (Å²) in [5.41, 5.74) is 0.935. The summed E-state index contributed by atoms with van der Waals surface area (Å²) in [6.07, 6.45) is 0.572. The van der Waals surface area contributed by atoms with Crippen molar-refractivity contribution in [1.82, 2.24) is 0 Å². The number of carbonyl (C=O) groups is 1. The monoisotopic (exact) mass is 218 g/mol. The zero-order valence-corrected chi connectivity index (χ0v) is 8.83. The topological polar surface area (TPSA) is 37.3 Å². The van der Waals surface area contributed by atoms with Gasteiger partial charge < -0.3 is 5.11 Å². The van der Waals surface area contributed by atoms with Crippen LogP contribution in [0.2, 0.25) is 0 Å². The highest BCUT2D eigenvalue weighted by atomic mass is 19.1. The number of aromatic carboxylic acids is 1. The molecule has 0 amide bonds. The summed E-state index contributed by atoms with van der Waals surface area (Å²) in [5, 5.41) is 10.2. The Kier molecular flexibility index (Phi) is 2.60. The maximum absolute atomic E-state index is 13.5. The Morgan fingerprint density at radius 1 is 1.25 bits per heavy atom. The number of hydrogen-bond acceptors (Lipinski definition) is 1. The van der Waals surface area contributed by atoms with Crippen molar-refractivity contribution in [2.24, 2.45) is 0 Å². The van der Waals surface area contributed by atoms with E-state index in [4.69, 9.17) is 5.11 Å². The quantitative estimate of drug-likeness (QED) is 0.840. The fourth-order valence-corrected chi connectivity index (χ4v) is 1.96. The van der Waals surface area contributed by atoms with Crippen molar-refractivity contribution in [3.8, 4) is 0 Å². The second kappa shape index (κ2) is 3.93. The largest absolute Gasteiger partial charge is 0.478 e. The minimum absolute atomic E-state index is 0.251. The molecule has 0 bridgehead atoms. The zero-order valence-electron chi connectivity index (χ0n) is 8.83. The number of rotatable bonds is 2. The summed E-state index contributed by atoms with van der Waals surface area (Å²) in [6.45, 7) is 1.87. The highest BCUT2D eigenvalue weighted by Gasteiger charge is 2.13. The Labute approximate surface area is 92.3 Å². The van der Waals surface area contributed by atoms with Crippen LogP contribution >= 0.6 is 0 Å². The summed E-state index contributed by atoms with van der Waals surface area (Å²) in [5.74, 6) is -1.29. The normalized spacial score (nSPS) is 10.6. The summed E-state index contributed by atoms with van der Waals surface area (Å²) in [4.78, 5) is 11.0. The molecule has 82 valence electrons. The predicted octanol–water partition coefficient (Wildman–Crippen LogP) is 3.24. The van der Waals surface area contributed by atoms with Gasteiger partial charge in [-0.15, -0.1) is 0 Å². The third-order valence-electron chi connectivity index (χ3n) is 2.70. The van der Waals surface area contributed by atoms with Gasteiger partial charge >= 0.3 is 5.97 Å². The van der Waals surface area contributed by atoms with E-state index < -0.39 is 5.97 Å². The second-order valence-corrected chi connectivity index (χ2v) is 3.59. The van der Waals surface area contributed by atoms with E-state index in [9.17, 15) is 9.18 Å². The van der Waals surface area contributed by atoms with E-state index >= 15 is 0 Å². The lowest BCUT2D eigenvalue weighted by Crippen LogP contribution is -2.02. The van der Waals surface area contributed by atoms with Crippen LogP contribution in [0.4, 0.5) is 4.39 Å². The van der Waals surface area contributed by atoms with E-state index in [1.165, 1.54) is 18.2 Å². The minimum atomic E-state index is -0.969. The summed E-state index contributed by atoms with van der Waals surface area (Å²) in [7, 11) is 0. The summed E-state index contributed by atoms with van der Waals surface area (Å²) in [6, 6.07) is 7.72. The first-order chi connectivity index (χ1) is 7.65. The lowest BCUT2D eigenvalue weighted by Gasteiger charge is -2.08. The van der Waals surface area contributed by atoms with Gasteiger partial charge in [-0.2, -0.15) is 0 Å². The van der Waals surface area contributed by atoms with Crippen LogP contribution in [0.5, 0.6) is 0 Å². The molecule has 0 atom stereocenters. The molecule has 0 fully saturated rings. The first-order valence-corrected chi connectivity index (χ1v) is 5.08. The van der Waals surface area contributed by atoms with Gasteiger partial charge in [0.05, 0.1) is 5.56 Å². The molecule has 0 aliphatic carbocycles. The first kappa shape index (κ1) is 10.6. The fourth-order valence-electron chi connectivity index (χ4n) is 1.96. The van der Waals surface area contributed by atoms with Crippen molar-refractivity contribution in [3.05, 3.63) is 47.3 Å². The van der Waals surface area contributed by atoms with Gasteiger partial charge in [0.1, 0.15) is 5.82 Å². The molecule has 2 nitrogen and oxygen atoms in total. The first-order valence-electron chi connectivity index (χ1n) is 5.08. The molecule has 0 heterocycles. The average Bonchev–Trinajstić information content (AvgIpc) is 2.27. The molecule has 16 heavy (non-hydrogen) atoms. The molecule has 0 saturated carbocycles. The number of carboxylic acids is 1. The number of aryl methyl sites for hydroxylation is 1. The number of benzene rings is 2. The Morgan fingerprint density at radius 3 is 2.62 bits per heavy atom. The van der Waals surface area contributed by atoms with Crippen LogP contribution in [0, 0.1) is 5.82 Å². The van der Waals surface area contributed by atoms with E-state index in [0.29, 0.717) is 22.8 Å². The maximum atomic E-state index is 13.5. The van der Waals surface area contributed by atoms with Crippen molar-refractivity contribution in [3.63, 3.8) is 0 Å². The van der Waals surface area contributed by atoms with Crippen molar-refractivity contribution < 1.29 is 14.3 Å². The summed E-state index contributed by atoms with van der Waals surface area (Å²) < 4.78 is 13.5. The Balaban J connectivity index is 2.86. The molecule has 0 radical (unpaired) electrons. The van der Waals surface area contributed by atoms with Crippen LogP contribution in [0.15, 0.2) is 30.3 Å². The van der Waals surface area contributed by atoms with Gasteiger partial charge in [-0.25, -0.2) is 9.18 Å². The summed E-state index contributed by atoms with van der Waals surface area (Å²) >= 11 is 0. The van der Waals surface area contributed by atoms with Gasteiger partial charge in [-0.1, -0.05) is 25.1 Å². The number of halogens is 1. The van der Waals surface area contributed by atoms with Crippen LogP contribution < -0.4 is 0 Å². The molecule has 0 unspecified atom stereocenters. The molecular weight excluding hydrogens is 207 g/mol. The Hall–Kier alpha value is -1.90. The van der Waals surface area contributed by atoms with Crippen molar-refractivity contribution in [2.75, 3.05) is 0 Å². The molecular formula is C13H11FO2. The molecule has 2 rings (SSSR count). The molecule has 3 heteroatoms. The molecule has 2 aromatic rings. The Morgan fingerprint density at radius 2 is 2.00 bits per heavy atom. The van der Waals surface area contributed by atoms with Crippen LogP contribution in [0.25, 0.3) is 10.8 Å². The van der Waals surface area contributed by atoms with Crippen LogP contribution in [0.3, 0.4) is 0 Å². The van der Waals surface area contributed by atoms with Gasteiger partial charge in [-0.3, -0.25) is 0 Å². The van der Waals surface area contributed by atoms with Gasteiger partial charge in [0.25, 0.3) is 0 Å². The van der Waals surface area contributed by atoms with Gasteiger partial charge in [-0.05, 0) is 29.5 Å². The molecule has 0 aliphatic rings. The van der Waals surface area contributed by atoms with E-state index in [1.807, 2.05) is 6.92 Å². The van der Waals surface area contributed by atoms with Crippen molar-refractivity contribution in [2.45, 2.75) is 13.3 Å². The third-order valence-corrected chi connectivity index (χ3v) is 2.70. The molecule has 1 N–H and O–H groups in total. The number of fused-ring (bicyclic) bond motifs is 1. The lowest BCUT2D eigenvalue weighted by molar-refractivity contribution is 0.0696. The minimum Gasteiger partial charge on any atom is -0.478 e. The smallest absolute Gasteiger partial charge is 0.335 e.